The molecular weight excluding hydrogens is 377 g/mol. The lowest BCUT2D eigenvalue weighted by molar-refractivity contribution is 0.0941. The summed E-state index contributed by atoms with van der Waals surface area (Å²) in [6.45, 7) is 3.93. The van der Waals surface area contributed by atoms with E-state index in [1.165, 1.54) is 17.4 Å². The van der Waals surface area contributed by atoms with Crippen LogP contribution in [0.15, 0.2) is 52.4 Å². The van der Waals surface area contributed by atoms with Gasteiger partial charge in [0, 0.05) is 11.6 Å². The van der Waals surface area contributed by atoms with Crippen molar-refractivity contribution in [2.24, 2.45) is 0 Å². The van der Waals surface area contributed by atoms with Gasteiger partial charge in [0.25, 0.3) is 11.6 Å². The number of amides is 1. The minimum absolute atomic E-state index is 0.00215. The number of hydrogen-bond acceptors (Lipinski definition) is 5. The molecule has 0 aliphatic heterocycles. The van der Waals surface area contributed by atoms with Crippen LogP contribution < -0.4 is 5.32 Å². The van der Waals surface area contributed by atoms with Gasteiger partial charge in [0.2, 0.25) is 0 Å². The number of rotatable bonds is 5. The molecule has 0 saturated heterocycles. The number of aromatic nitrogens is 2. The second kappa shape index (κ2) is 7.52. The van der Waals surface area contributed by atoms with Crippen molar-refractivity contribution >= 4 is 28.3 Å². The highest BCUT2D eigenvalue weighted by molar-refractivity contribution is 7.13. The Kier molecular flexibility index (Phi) is 4.92. The molecule has 1 N–H and O–H groups in total. The molecule has 4 aromatic rings. The van der Waals surface area contributed by atoms with Crippen LogP contribution in [0.25, 0.3) is 32.9 Å². The average Bonchev–Trinajstić information content (AvgIpc) is 3.37. The molecule has 1 atom stereocenters. The van der Waals surface area contributed by atoms with E-state index < -0.39 is 5.82 Å². The molecule has 0 radical (unpaired) electrons. The third kappa shape index (κ3) is 3.29. The largest absolute Gasteiger partial charge is 0.350 e. The summed E-state index contributed by atoms with van der Waals surface area (Å²) >= 11 is 1.51. The van der Waals surface area contributed by atoms with Crippen LogP contribution in [0, 0.1) is 5.82 Å². The van der Waals surface area contributed by atoms with Crippen molar-refractivity contribution in [2.75, 3.05) is 0 Å². The molecule has 0 spiro atoms. The van der Waals surface area contributed by atoms with Crippen molar-refractivity contribution in [1.29, 1.82) is 0 Å². The summed E-state index contributed by atoms with van der Waals surface area (Å²) in [5.41, 5.74) is 1.73. The Hall–Kier alpha value is -3.06. The molecule has 142 valence electrons. The molecule has 0 fully saturated rings. The van der Waals surface area contributed by atoms with Crippen LogP contribution in [0.2, 0.25) is 0 Å². The van der Waals surface area contributed by atoms with E-state index in [9.17, 15) is 9.18 Å². The van der Waals surface area contributed by atoms with Crippen molar-refractivity contribution in [3.8, 4) is 21.8 Å². The number of pyridine rings is 1. The highest BCUT2D eigenvalue weighted by atomic mass is 32.1. The van der Waals surface area contributed by atoms with E-state index in [2.05, 4.69) is 15.5 Å². The van der Waals surface area contributed by atoms with Gasteiger partial charge in [-0.05, 0) is 43.0 Å². The summed E-state index contributed by atoms with van der Waals surface area (Å²) in [5.74, 6) is -0.700. The molecule has 0 aliphatic rings. The van der Waals surface area contributed by atoms with Gasteiger partial charge in [-0.2, -0.15) is 0 Å². The fourth-order valence-electron chi connectivity index (χ4n) is 2.92. The maximum absolute atomic E-state index is 14.4. The fourth-order valence-corrected chi connectivity index (χ4v) is 3.61. The molecule has 0 saturated carbocycles. The molecule has 4 rings (SSSR count). The minimum Gasteiger partial charge on any atom is -0.350 e. The predicted molar refractivity (Wildman–Crippen MR) is 108 cm³/mol. The van der Waals surface area contributed by atoms with Crippen molar-refractivity contribution < 1.29 is 13.7 Å². The first-order valence-electron chi connectivity index (χ1n) is 8.98. The third-order valence-corrected chi connectivity index (χ3v) is 5.48. The Morgan fingerprint density at radius 1 is 1.29 bits per heavy atom. The summed E-state index contributed by atoms with van der Waals surface area (Å²) < 4.78 is 19.8. The van der Waals surface area contributed by atoms with Crippen molar-refractivity contribution in [3.05, 3.63) is 59.2 Å². The van der Waals surface area contributed by atoms with Crippen LogP contribution in [0.1, 0.15) is 30.6 Å². The lowest BCUT2D eigenvalue weighted by Crippen LogP contribution is -2.32. The van der Waals surface area contributed by atoms with Crippen LogP contribution in [-0.4, -0.2) is 22.1 Å². The van der Waals surface area contributed by atoms with Gasteiger partial charge in [-0.1, -0.05) is 30.3 Å². The summed E-state index contributed by atoms with van der Waals surface area (Å²) in [7, 11) is 0. The second-order valence-electron chi connectivity index (χ2n) is 6.51. The van der Waals surface area contributed by atoms with E-state index in [4.69, 9.17) is 4.52 Å². The van der Waals surface area contributed by atoms with Gasteiger partial charge in [0.15, 0.2) is 0 Å². The van der Waals surface area contributed by atoms with Gasteiger partial charge >= 0.3 is 0 Å². The zero-order valence-electron chi connectivity index (χ0n) is 15.4. The van der Waals surface area contributed by atoms with Gasteiger partial charge in [-0.15, -0.1) is 11.3 Å². The van der Waals surface area contributed by atoms with Crippen LogP contribution >= 0.6 is 11.3 Å². The summed E-state index contributed by atoms with van der Waals surface area (Å²) in [6, 6.07) is 11.8. The number of nitrogens with zero attached hydrogens (tertiary/aromatic N) is 2. The molecule has 28 heavy (non-hydrogen) atoms. The monoisotopic (exact) mass is 395 g/mol. The minimum atomic E-state index is -0.437. The quantitative estimate of drug-likeness (QED) is 0.499. The lowest BCUT2D eigenvalue weighted by atomic mass is 10.0. The average molecular weight is 395 g/mol. The number of carbonyl (C=O) groups excluding carboxylic acids is 1. The van der Waals surface area contributed by atoms with E-state index >= 15 is 0 Å². The predicted octanol–water partition coefficient (Wildman–Crippen LogP) is 5.29. The van der Waals surface area contributed by atoms with Crippen LogP contribution in [0.4, 0.5) is 4.39 Å². The van der Waals surface area contributed by atoms with Crippen LogP contribution in [0.5, 0.6) is 0 Å². The van der Waals surface area contributed by atoms with Crippen LogP contribution in [0.3, 0.4) is 0 Å². The van der Waals surface area contributed by atoms with E-state index in [0.717, 1.165) is 11.3 Å². The Morgan fingerprint density at radius 2 is 2.11 bits per heavy atom. The van der Waals surface area contributed by atoms with E-state index in [0.29, 0.717) is 16.6 Å². The van der Waals surface area contributed by atoms with Gasteiger partial charge in [-0.3, -0.25) is 4.79 Å². The molecule has 0 unspecified atom stereocenters. The normalized spacial score (nSPS) is 12.2. The standard InChI is InChI=1S/C21H18FN3O2S/c1-3-12(2)23-20(26)14-11-16(17-9-6-10-28-17)24-21-18(14)19(25-27-21)13-7-4-5-8-15(13)22/h4-12H,3H2,1-2H3,(H,23,26)/t12-/m1/s1. The Bertz CT molecular complexity index is 1140. The number of halogens is 1. The van der Waals surface area contributed by atoms with Gasteiger partial charge < -0.3 is 9.84 Å². The first kappa shape index (κ1) is 18.3. The smallest absolute Gasteiger partial charge is 0.259 e. The molecule has 0 bridgehead atoms. The maximum Gasteiger partial charge on any atom is 0.259 e. The highest BCUT2D eigenvalue weighted by Crippen LogP contribution is 2.34. The first-order valence-corrected chi connectivity index (χ1v) is 9.86. The molecule has 7 heteroatoms. The summed E-state index contributed by atoms with van der Waals surface area (Å²) in [5, 5.41) is 9.35. The SMILES string of the molecule is CC[C@@H](C)NC(=O)c1cc(-c2cccs2)nc2onc(-c3ccccc3F)c12. The number of fused-ring (bicyclic) bond motifs is 1. The summed E-state index contributed by atoms with van der Waals surface area (Å²) in [4.78, 5) is 18.4. The van der Waals surface area contributed by atoms with Gasteiger partial charge in [-0.25, -0.2) is 9.37 Å². The number of nitrogens with one attached hydrogen (secondary N) is 1. The molecule has 5 nitrogen and oxygen atoms in total. The Balaban J connectivity index is 1.95. The number of carbonyl (C=O) groups is 1. The first-order chi connectivity index (χ1) is 13.6. The molecule has 3 heterocycles. The zero-order chi connectivity index (χ0) is 19.7. The molecule has 1 amide bonds. The molecule has 3 aromatic heterocycles. The third-order valence-electron chi connectivity index (χ3n) is 4.58. The number of thiophene rings is 1. The lowest BCUT2D eigenvalue weighted by Gasteiger charge is -2.12. The van der Waals surface area contributed by atoms with Crippen LogP contribution in [-0.2, 0) is 0 Å². The summed E-state index contributed by atoms with van der Waals surface area (Å²) in [6.07, 6.45) is 0.793. The van der Waals surface area contributed by atoms with Crippen molar-refractivity contribution in [3.63, 3.8) is 0 Å². The number of hydrogen-bond donors (Lipinski definition) is 1. The highest BCUT2D eigenvalue weighted by Gasteiger charge is 2.24. The van der Waals surface area contributed by atoms with Gasteiger partial charge in [0.05, 0.1) is 21.5 Å². The second-order valence-corrected chi connectivity index (χ2v) is 7.45. The zero-order valence-corrected chi connectivity index (χ0v) is 16.2. The topological polar surface area (TPSA) is 68.0 Å². The maximum atomic E-state index is 14.4. The Labute approximate surface area is 165 Å². The molecular formula is C21H18FN3O2S. The van der Waals surface area contributed by atoms with E-state index in [1.807, 2.05) is 31.4 Å². The van der Waals surface area contributed by atoms with E-state index in [1.54, 1.807) is 24.3 Å². The van der Waals surface area contributed by atoms with Crippen molar-refractivity contribution in [1.82, 2.24) is 15.5 Å². The number of benzene rings is 1. The van der Waals surface area contributed by atoms with E-state index in [-0.39, 0.29) is 28.9 Å². The van der Waals surface area contributed by atoms with Crippen molar-refractivity contribution in [2.45, 2.75) is 26.3 Å². The molecule has 0 aliphatic carbocycles. The fraction of sp³-hybridized carbons (Fsp3) is 0.190. The van der Waals surface area contributed by atoms with Gasteiger partial charge in [0.1, 0.15) is 11.5 Å². The molecule has 1 aromatic carbocycles. The Morgan fingerprint density at radius 3 is 2.82 bits per heavy atom.